The molecule has 0 bridgehead atoms. The number of halogens is 2. The molecule has 1 fully saturated rings. The lowest BCUT2D eigenvalue weighted by Gasteiger charge is -2.16. The first-order valence-electron chi connectivity index (χ1n) is 6.17. The van der Waals surface area contributed by atoms with E-state index in [0.29, 0.717) is 18.4 Å². The van der Waals surface area contributed by atoms with Crippen LogP contribution in [0.5, 0.6) is 0 Å². The minimum Gasteiger partial charge on any atom is -0.352 e. The van der Waals surface area contributed by atoms with E-state index in [0.717, 1.165) is 18.7 Å². The Balaban J connectivity index is 1.97. The van der Waals surface area contributed by atoms with Gasteiger partial charge in [-0.25, -0.2) is 9.37 Å². The number of carbonyl (C=O) groups excluding carboxylic acids is 1. The van der Waals surface area contributed by atoms with E-state index in [1.54, 1.807) is 0 Å². The molecule has 0 aromatic carbocycles. The van der Waals surface area contributed by atoms with E-state index in [1.807, 2.05) is 0 Å². The summed E-state index contributed by atoms with van der Waals surface area (Å²) in [5, 5.41) is 2.84. The quantitative estimate of drug-likeness (QED) is 0.858. The predicted octanol–water partition coefficient (Wildman–Crippen LogP) is 3.04. The molecule has 98 valence electrons. The zero-order chi connectivity index (χ0) is 13.1. The van der Waals surface area contributed by atoms with Gasteiger partial charge < -0.3 is 5.32 Å². The van der Waals surface area contributed by atoms with Crippen LogP contribution in [-0.4, -0.2) is 17.4 Å². The highest BCUT2D eigenvalue weighted by Gasteiger charge is 2.24. The molecule has 2 unspecified atom stereocenters. The van der Waals surface area contributed by atoms with Crippen molar-refractivity contribution in [1.29, 1.82) is 0 Å². The van der Waals surface area contributed by atoms with Crippen LogP contribution in [0.4, 0.5) is 4.39 Å². The van der Waals surface area contributed by atoms with E-state index >= 15 is 0 Å². The van der Waals surface area contributed by atoms with Crippen LogP contribution >= 0.6 is 11.6 Å². The summed E-state index contributed by atoms with van der Waals surface area (Å²) in [6, 6.07) is 1.11. The second kappa shape index (κ2) is 5.65. The van der Waals surface area contributed by atoms with Crippen molar-refractivity contribution in [1.82, 2.24) is 10.3 Å². The largest absolute Gasteiger partial charge is 0.352 e. The molecule has 2 rings (SSSR count). The second-order valence-electron chi connectivity index (χ2n) is 4.87. The average molecular weight is 271 g/mol. The van der Waals surface area contributed by atoms with Crippen molar-refractivity contribution >= 4 is 17.5 Å². The Labute approximate surface area is 111 Å². The molecule has 1 aromatic heterocycles. The Bertz CT molecular complexity index is 453. The molecule has 5 heteroatoms. The number of hydrogen-bond acceptors (Lipinski definition) is 2. The van der Waals surface area contributed by atoms with Gasteiger partial charge in [-0.2, -0.15) is 0 Å². The van der Waals surface area contributed by atoms with Crippen LogP contribution in [0.1, 0.15) is 36.5 Å². The van der Waals surface area contributed by atoms with E-state index in [4.69, 9.17) is 11.6 Å². The topological polar surface area (TPSA) is 42.0 Å². The van der Waals surface area contributed by atoms with Gasteiger partial charge in [0.2, 0.25) is 0 Å². The zero-order valence-electron chi connectivity index (χ0n) is 10.2. The van der Waals surface area contributed by atoms with Gasteiger partial charge in [-0.15, -0.1) is 0 Å². The maximum absolute atomic E-state index is 13.0. The molecule has 1 N–H and O–H groups in total. The van der Waals surface area contributed by atoms with Crippen LogP contribution in [0, 0.1) is 17.7 Å². The molecule has 18 heavy (non-hydrogen) atoms. The molecule has 1 amide bonds. The van der Waals surface area contributed by atoms with Crippen molar-refractivity contribution < 1.29 is 9.18 Å². The number of carbonyl (C=O) groups is 1. The first-order chi connectivity index (χ1) is 8.58. The maximum atomic E-state index is 13.0. The summed E-state index contributed by atoms with van der Waals surface area (Å²) in [5.41, 5.74) is 0.0994. The third-order valence-corrected chi connectivity index (χ3v) is 3.92. The van der Waals surface area contributed by atoms with E-state index in [-0.39, 0.29) is 16.6 Å². The van der Waals surface area contributed by atoms with Crippen LogP contribution in [0.2, 0.25) is 5.15 Å². The molecule has 0 radical (unpaired) electrons. The second-order valence-corrected chi connectivity index (χ2v) is 5.23. The number of nitrogens with zero attached hydrogens (tertiary/aromatic N) is 1. The van der Waals surface area contributed by atoms with E-state index in [9.17, 15) is 9.18 Å². The van der Waals surface area contributed by atoms with Crippen LogP contribution < -0.4 is 5.32 Å². The highest BCUT2D eigenvalue weighted by molar-refractivity contribution is 6.32. The van der Waals surface area contributed by atoms with Crippen molar-refractivity contribution in [2.75, 3.05) is 6.54 Å². The number of rotatable bonds is 3. The van der Waals surface area contributed by atoms with E-state index < -0.39 is 5.82 Å². The summed E-state index contributed by atoms with van der Waals surface area (Å²) in [6.07, 6.45) is 4.56. The summed E-state index contributed by atoms with van der Waals surface area (Å²) in [4.78, 5) is 15.5. The first-order valence-corrected chi connectivity index (χ1v) is 6.55. The minimum absolute atomic E-state index is 0.0355. The lowest BCUT2D eigenvalue weighted by Crippen LogP contribution is -2.30. The Morgan fingerprint density at radius 1 is 1.61 bits per heavy atom. The minimum atomic E-state index is -0.557. The van der Waals surface area contributed by atoms with Gasteiger partial charge in [-0.05, 0) is 24.3 Å². The maximum Gasteiger partial charge on any atom is 0.254 e. The Morgan fingerprint density at radius 2 is 2.39 bits per heavy atom. The molecule has 2 atom stereocenters. The fourth-order valence-electron chi connectivity index (χ4n) is 2.43. The summed E-state index contributed by atoms with van der Waals surface area (Å²) in [5.74, 6) is 0.227. The fraction of sp³-hybridized carbons (Fsp3) is 0.538. The number of hydrogen-bond donors (Lipinski definition) is 1. The normalized spacial score (nSPS) is 23.1. The summed E-state index contributed by atoms with van der Waals surface area (Å²) in [6.45, 7) is 2.81. The molecule has 0 saturated heterocycles. The molecule has 1 aliphatic rings. The van der Waals surface area contributed by atoms with Gasteiger partial charge in [0.05, 0.1) is 11.8 Å². The van der Waals surface area contributed by atoms with Crippen molar-refractivity contribution in [2.24, 2.45) is 11.8 Å². The number of aromatic nitrogens is 1. The monoisotopic (exact) mass is 270 g/mol. The third-order valence-electron chi connectivity index (χ3n) is 3.61. The fourth-order valence-corrected chi connectivity index (χ4v) is 2.62. The number of pyridine rings is 1. The Kier molecular flexibility index (Phi) is 4.17. The van der Waals surface area contributed by atoms with Gasteiger partial charge >= 0.3 is 0 Å². The molecular weight excluding hydrogens is 255 g/mol. The molecule has 1 aromatic rings. The third kappa shape index (κ3) is 2.99. The van der Waals surface area contributed by atoms with Gasteiger partial charge in [-0.1, -0.05) is 31.4 Å². The molecule has 1 aliphatic carbocycles. The van der Waals surface area contributed by atoms with Crippen LogP contribution in [0.25, 0.3) is 0 Å². The molecule has 0 spiro atoms. The summed E-state index contributed by atoms with van der Waals surface area (Å²) >= 11 is 5.78. The van der Waals surface area contributed by atoms with Gasteiger partial charge in [0, 0.05) is 6.54 Å². The van der Waals surface area contributed by atoms with E-state index in [2.05, 4.69) is 17.2 Å². The van der Waals surface area contributed by atoms with Crippen LogP contribution in [0.15, 0.2) is 12.3 Å². The van der Waals surface area contributed by atoms with Gasteiger partial charge in [-0.3, -0.25) is 4.79 Å². The zero-order valence-corrected chi connectivity index (χ0v) is 11.0. The Morgan fingerprint density at radius 3 is 3.06 bits per heavy atom. The van der Waals surface area contributed by atoms with Crippen molar-refractivity contribution in [2.45, 2.75) is 26.2 Å². The van der Waals surface area contributed by atoms with E-state index in [1.165, 1.54) is 12.8 Å². The SMILES string of the molecule is CC1CCCC1CNC(=O)c1cc(F)cnc1Cl. The predicted molar refractivity (Wildman–Crippen MR) is 68.0 cm³/mol. The van der Waals surface area contributed by atoms with Crippen molar-refractivity contribution in [3.8, 4) is 0 Å². The standard InChI is InChI=1S/C13H16ClFN2O/c1-8-3-2-4-9(8)6-17-13(18)11-5-10(15)7-16-12(11)14/h5,7-9H,2-4,6H2,1H3,(H,17,18). The van der Waals surface area contributed by atoms with Crippen molar-refractivity contribution in [3.05, 3.63) is 28.8 Å². The molecule has 1 saturated carbocycles. The summed E-state index contributed by atoms with van der Waals surface area (Å²) in [7, 11) is 0. The summed E-state index contributed by atoms with van der Waals surface area (Å²) < 4.78 is 13.0. The molecule has 3 nitrogen and oxygen atoms in total. The highest BCUT2D eigenvalue weighted by atomic mass is 35.5. The van der Waals surface area contributed by atoms with Crippen molar-refractivity contribution in [3.63, 3.8) is 0 Å². The number of nitrogens with one attached hydrogen (secondary N) is 1. The van der Waals surface area contributed by atoms with Crippen LogP contribution in [0.3, 0.4) is 0 Å². The Hall–Kier alpha value is -1.16. The average Bonchev–Trinajstić information content (AvgIpc) is 2.75. The lowest BCUT2D eigenvalue weighted by molar-refractivity contribution is 0.0944. The first kappa shape index (κ1) is 13.3. The highest BCUT2D eigenvalue weighted by Crippen LogP contribution is 2.30. The lowest BCUT2D eigenvalue weighted by atomic mass is 9.98. The molecule has 0 aliphatic heterocycles. The van der Waals surface area contributed by atoms with Gasteiger partial charge in [0.25, 0.3) is 5.91 Å². The molecular formula is C13H16ClFN2O. The number of amides is 1. The van der Waals surface area contributed by atoms with Gasteiger partial charge in [0.15, 0.2) is 0 Å². The van der Waals surface area contributed by atoms with Crippen LogP contribution in [-0.2, 0) is 0 Å². The smallest absolute Gasteiger partial charge is 0.254 e. The van der Waals surface area contributed by atoms with Gasteiger partial charge in [0.1, 0.15) is 11.0 Å². The molecule has 1 heterocycles.